The highest BCUT2D eigenvalue weighted by molar-refractivity contribution is 6.32. The van der Waals surface area contributed by atoms with Gasteiger partial charge >= 0.3 is 5.97 Å². The predicted octanol–water partition coefficient (Wildman–Crippen LogP) is 3.43. The standard InChI is InChI=1S/C14H15ClN2O2/c1-19-14(18)11-8-4-7-10-12(15)16-13(17(10)11)9-5-2-3-6-9/h4,7-9H,2-3,5-6H2,1H3. The Morgan fingerprint density at radius 3 is 2.84 bits per heavy atom. The van der Waals surface area contributed by atoms with Gasteiger partial charge in [-0.2, -0.15) is 0 Å². The Morgan fingerprint density at radius 2 is 2.16 bits per heavy atom. The predicted molar refractivity (Wildman–Crippen MR) is 72.8 cm³/mol. The fourth-order valence-corrected chi connectivity index (χ4v) is 3.08. The van der Waals surface area contributed by atoms with Crippen LogP contribution < -0.4 is 0 Å². The summed E-state index contributed by atoms with van der Waals surface area (Å²) in [4.78, 5) is 16.4. The lowest BCUT2D eigenvalue weighted by Gasteiger charge is -2.11. The van der Waals surface area contributed by atoms with Crippen molar-refractivity contribution in [1.29, 1.82) is 0 Å². The molecule has 1 fully saturated rings. The van der Waals surface area contributed by atoms with Crippen molar-refractivity contribution in [2.45, 2.75) is 31.6 Å². The fourth-order valence-electron chi connectivity index (χ4n) is 2.85. The summed E-state index contributed by atoms with van der Waals surface area (Å²) in [6.07, 6.45) is 4.62. The van der Waals surface area contributed by atoms with Crippen LogP contribution in [-0.4, -0.2) is 22.5 Å². The van der Waals surface area contributed by atoms with Gasteiger partial charge in [0, 0.05) is 5.92 Å². The maximum absolute atomic E-state index is 11.9. The average molecular weight is 279 g/mol. The Morgan fingerprint density at radius 1 is 1.42 bits per heavy atom. The van der Waals surface area contributed by atoms with Crippen molar-refractivity contribution in [3.63, 3.8) is 0 Å². The molecule has 2 heterocycles. The first-order valence-corrected chi connectivity index (χ1v) is 6.85. The van der Waals surface area contributed by atoms with Gasteiger partial charge in [-0.25, -0.2) is 9.78 Å². The van der Waals surface area contributed by atoms with Crippen molar-refractivity contribution in [3.05, 3.63) is 34.9 Å². The summed E-state index contributed by atoms with van der Waals surface area (Å²) >= 11 is 6.19. The Labute approximate surface area is 116 Å². The molecule has 0 atom stereocenters. The number of halogens is 1. The zero-order chi connectivity index (χ0) is 13.4. The minimum atomic E-state index is -0.362. The Kier molecular flexibility index (Phi) is 3.19. The molecule has 2 aromatic heterocycles. The molecular weight excluding hydrogens is 264 g/mol. The number of imidazole rings is 1. The summed E-state index contributed by atoms with van der Waals surface area (Å²) in [6, 6.07) is 5.42. The molecule has 0 unspecified atom stereocenters. The number of pyridine rings is 1. The van der Waals surface area contributed by atoms with Gasteiger partial charge in [-0.05, 0) is 25.0 Å². The Balaban J connectivity index is 2.24. The van der Waals surface area contributed by atoms with E-state index in [1.807, 2.05) is 10.5 Å². The van der Waals surface area contributed by atoms with Crippen LogP contribution in [0.5, 0.6) is 0 Å². The normalized spacial score (nSPS) is 16.1. The van der Waals surface area contributed by atoms with Crippen molar-refractivity contribution in [3.8, 4) is 0 Å². The fraction of sp³-hybridized carbons (Fsp3) is 0.429. The molecule has 0 radical (unpaired) electrons. The van der Waals surface area contributed by atoms with E-state index in [0.29, 0.717) is 16.8 Å². The van der Waals surface area contributed by atoms with Crippen molar-refractivity contribution in [1.82, 2.24) is 9.38 Å². The number of nitrogens with zero attached hydrogens (tertiary/aromatic N) is 2. The van der Waals surface area contributed by atoms with E-state index in [-0.39, 0.29) is 5.97 Å². The van der Waals surface area contributed by atoms with Gasteiger partial charge in [-0.3, -0.25) is 4.40 Å². The van der Waals surface area contributed by atoms with Crippen molar-refractivity contribution < 1.29 is 9.53 Å². The van der Waals surface area contributed by atoms with Crippen LogP contribution in [0.1, 0.15) is 47.9 Å². The number of ether oxygens (including phenoxy) is 1. The van der Waals surface area contributed by atoms with E-state index in [0.717, 1.165) is 24.2 Å². The topological polar surface area (TPSA) is 43.6 Å². The number of carbonyl (C=O) groups excluding carboxylic acids is 1. The SMILES string of the molecule is COC(=O)c1cccc2c(Cl)nc(C3CCCC3)n12. The maximum Gasteiger partial charge on any atom is 0.355 e. The van der Waals surface area contributed by atoms with E-state index in [2.05, 4.69) is 4.98 Å². The lowest BCUT2D eigenvalue weighted by Crippen LogP contribution is -2.11. The molecule has 0 bridgehead atoms. The van der Waals surface area contributed by atoms with Crippen LogP contribution in [0.4, 0.5) is 0 Å². The Bertz CT molecular complexity index is 630. The summed E-state index contributed by atoms with van der Waals surface area (Å²) < 4.78 is 6.69. The van der Waals surface area contributed by atoms with Crippen molar-refractivity contribution >= 4 is 23.1 Å². The van der Waals surface area contributed by atoms with Crippen LogP contribution >= 0.6 is 11.6 Å². The molecule has 5 heteroatoms. The zero-order valence-corrected chi connectivity index (χ0v) is 11.5. The maximum atomic E-state index is 11.9. The highest BCUT2D eigenvalue weighted by Gasteiger charge is 2.25. The van der Waals surface area contributed by atoms with E-state index < -0.39 is 0 Å². The molecular formula is C14H15ClN2O2. The molecule has 2 aromatic rings. The second-order valence-corrected chi connectivity index (χ2v) is 5.22. The van der Waals surface area contributed by atoms with E-state index in [4.69, 9.17) is 16.3 Å². The molecule has 100 valence electrons. The minimum absolute atomic E-state index is 0.362. The number of esters is 1. The third-order valence-electron chi connectivity index (χ3n) is 3.76. The zero-order valence-electron chi connectivity index (χ0n) is 10.7. The van der Waals surface area contributed by atoms with E-state index >= 15 is 0 Å². The first-order valence-electron chi connectivity index (χ1n) is 6.47. The quantitative estimate of drug-likeness (QED) is 0.791. The molecule has 0 N–H and O–H groups in total. The summed E-state index contributed by atoms with van der Waals surface area (Å²) in [6.45, 7) is 0. The van der Waals surface area contributed by atoms with E-state index in [9.17, 15) is 4.79 Å². The number of hydrogen-bond donors (Lipinski definition) is 0. The van der Waals surface area contributed by atoms with Crippen LogP contribution in [0.3, 0.4) is 0 Å². The number of aromatic nitrogens is 2. The summed E-state index contributed by atoms with van der Waals surface area (Å²) in [7, 11) is 1.38. The molecule has 0 spiro atoms. The van der Waals surface area contributed by atoms with Crippen molar-refractivity contribution in [2.75, 3.05) is 7.11 Å². The van der Waals surface area contributed by atoms with Crippen LogP contribution in [0, 0.1) is 0 Å². The molecule has 1 aliphatic carbocycles. The molecule has 0 amide bonds. The highest BCUT2D eigenvalue weighted by Crippen LogP contribution is 2.35. The molecule has 0 aromatic carbocycles. The smallest absolute Gasteiger partial charge is 0.355 e. The third kappa shape index (κ3) is 2.00. The Hall–Kier alpha value is -1.55. The lowest BCUT2D eigenvalue weighted by molar-refractivity contribution is 0.0592. The monoisotopic (exact) mass is 278 g/mol. The molecule has 3 rings (SSSR count). The van der Waals surface area contributed by atoms with Gasteiger partial charge in [0.25, 0.3) is 0 Å². The van der Waals surface area contributed by atoms with Crippen LogP contribution in [0.25, 0.3) is 5.52 Å². The van der Waals surface area contributed by atoms with E-state index in [1.54, 1.807) is 12.1 Å². The van der Waals surface area contributed by atoms with Gasteiger partial charge < -0.3 is 4.74 Å². The molecule has 4 nitrogen and oxygen atoms in total. The van der Waals surface area contributed by atoms with Gasteiger partial charge in [-0.15, -0.1) is 0 Å². The van der Waals surface area contributed by atoms with Crippen LogP contribution in [0.2, 0.25) is 5.15 Å². The second-order valence-electron chi connectivity index (χ2n) is 4.87. The largest absolute Gasteiger partial charge is 0.464 e. The average Bonchev–Trinajstić information content (AvgIpc) is 3.06. The molecule has 1 aliphatic rings. The minimum Gasteiger partial charge on any atom is -0.464 e. The number of carbonyl (C=O) groups is 1. The summed E-state index contributed by atoms with van der Waals surface area (Å²) in [5, 5.41) is 0.452. The summed E-state index contributed by atoms with van der Waals surface area (Å²) in [5.74, 6) is 0.906. The van der Waals surface area contributed by atoms with Crippen LogP contribution in [-0.2, 0) is 4.74 Å². The first-order chi connectivity index (χ1) is 9.22. The van der Waals surface area contributed by atoms with Crippen molar-refractivity contribution in [2.24, 2.45) is 0 Å². The third-order valence-corrected chi connectivity index (χ3v) is 4.04. The molecule has 0 saturated heterocycles. The first kappa shape index (κ1) is 12.5. The number of fused-ring (bicyclic) bond motifs is 1. The molecule has 0 aliphatic heterocycles. The number of hydrogen-bond acceptors (Lipinski definition) is 3. The van der Waals surface area contributed by atoms with Gasteiger partial charge in [0.2, 0.25) is 0 Å². The molecule has 1 saturated carbocycles. The van der Waals surface area contributed by atoms with Crippen LogP contribution in [0.15, 0.2) is 18.2 Å². The van der Waals surface area contributed by atoms with Gasteiger partial charge in [0.15, 0.2) is 5.15 Å². The van der Waals surface area contributed by atoms with Gasteiger partial charge in [0.1, 0.15) is 11.5 Å². The number of methoxy groups -OCH3 is 1. The van der Waals surface area contributed by atoms with E-state index in [1.165, 1.54) is 20.0 Å². The number of rotatable bonds is 2. The second kappa shape index (κ2) is 4.85. The van der Waals surface area contributed by atoms with Gasteiger partial charge in [0.05, 0.1) is 12.6 Å². The summed E-state index contributed by atoms with van der Waals surface area (Å²) in [5.41, 5.74) is 1.26. The molecule has 19 heavy (non-hydrogen) atoms. The van der Waals surface area contributed by atoms with Gasteiger partial charge in [-0.1, -0.05) is 30.5 Å². The lowest BCUT2D eigenvalue weighted by atomic mass is 10.1. The highest BCUT2D eigenvalue weighted by atomic mass is 35.5.